The largest absolute Gasteiger partial charge is 0.456 e. The number of imidazole rings is 1. The number of hydrogen-bond acceptors (Lipinski definition) is 10. The van der Waals surface area contributed by atoms with Crippen LogP contribution in [-0.2, 0) is 16.1 Å². The molecule has 38 heavy (non-hydrogen) atoms. The summed E-state index contributed by atoms with van der Waals surface area (Å²) in [6.07, 6.45) is 0.464. The Hall–Kier alpha value is -5.02. The molecule has 3 aromatic rings. The van der Waals surface area contributed by atoms with Crippen molar-refractivity contribution in [1.82, 2.24) is 24.8 Å². The van der Waals surface area contributed by atoms with Gasteiger partial charge >= 0.3 is 17.9 Å². The van der Waals surface area contributed by atoms with Gasteiger partial charge in [-0.2, -0.15) is 0 Å². The number of cyclic esters (lactones) is 1. The number of H-pyrrole nitrogens is 1. The maximum Gasteiger partial charge on any atom is 0.414 e. The predicted octanol–water partition coefficient (Wildman–Crippen LogP) is 0.982. The highest BCUT2D eigenvalue weighted by Gasteiger charge is 2.33. The van der Waals surface area contributed by atoms with Crippen LogP contribution in [0.5, 0.6) is 12.0 Å². The number of hydrogen-bond donors (Lipinski definition) is 2. The van der Waals surface area contributed by atoms with E-state index in [0.717, 1.165) is 12.3 Å². The van der Waals surface area contributed by atoms with E-state index in [1.54, 1.807) is 0 Å². The van der Waals surface area contributed by atoms with Gasteiger partial charge in [0.1, 0.15) is 24.7 Å². The van der Waals surface area contributed by atoms with E-state index in [1.165, 1.54) is 34.7 Å². The number of ether oxygens (including phenoxy) is 3. The third kappa shape index (κ3) is 4.95. The van der Waals surface area contributed by atoms with Gasteiger partial charge in [-0.3, -0.25) is 24.0 Å². The molecule has 1 saturated heterocycles. The highest BCUT2D eigenvalue weighted by atomic mass is 19.1. The summed E-state index contributed by atoms with van der Waals surface area (Å²) in [4.78, 5) is 57.7. The van der Waals surface area contributed by atoms with E-state index >= 15 is 0 Å². The van der Waals surface area contributed by atoms with Crippen LogP contribution in [0.25, 0.3) is 11.1 Å². The summed E-state index contributed by atoms with van der Waals surface area (Å²) < 4.78 is 32.6. The van der Waals surface area contributed by atoms with Gasteiger partial charge in [0.2, 0.25) is 5.91 Å². The molecule has 1 aromatic carbocycles. The van der Waals surface area contributed by atoms with Gasteiger partial charge in [0.25, 0.3) is 11.6 Å². The van der Waals surface area contributed by atoms with Crippen molar-refractivity contribution in [2.75, 3.05) is 24.6 Å². The van der Waals surface area contributed by atoms with Crippen LogP contribution in [0, 0.1) is 15.9 Å². The summed E-state index contributed by atoms with van der Waals surface area (Å²) in [5, 5.41) is 13.5. The second kappa shape index (κ2) is 9.79. The third-order valence-corrected chi connectivity index (χ3v) is 5.77. The van der Waals surface area contributed by atoms with Gasteiger partial charge in [-0.15, -0.1) is 0 Å². The van der Waals surface area contributed by atoms with Gasteiger partial charge in [-0.05, 0) is 23.1 Å². The van der Waals surface area contributed by atoms with Crippen LogP contribution in [0.3, 0.4) is 0 Å². The fourth-order valence-electron chi connectivity index (χ4n) is 4.01. The molecule has 2 unspecified atom stereocenters. The summed E-state index contributed by atoms with van der Waals surface area (Å²) >= 11 is 0. The number of fused-ring (bicyclic) bond motifs is 1. The molecule has 0 spiro atoms. The second-order valence-electron chi connectivity index (χ2n) is 8.49. The Morgan fingerprint density at radius 2 is 2.16 bits per heavy atom. The fourth-order valence-corrected chi connectivity index (χ4v) is 4.01. The average Bonchev–Trinajstić information content (AvgIpc) is 3.46. The molecule has 0 aliphatic carbocycles. The number of halogens is 1. The van der Waals surface area contributed by atoms with Crippen molar-refractivity contribution in [3.63, 3.8) is 0 Å². The van der Waals surface area contributed by atoms with E-state index in [9.17, 15) is 28.9 Å². The zero-order chi connectivity index (χ0) is 27.0. The van der Waals surface area contributed by atoms with Crippen LogP contribution < -0.4 is 25.2 Å². The van der Waals surface area contributed by atoms with Crippen molar-refractivity contribution in [3.05, 3.63) is 56.9 Å². The van der Waals surface area contributed by atoms with E-state index < -0.39 is 34.6 Å². The monoisotopic (exact) mass is 529 g/mol. The van der Waals surface area contributed by atoms with Crippen LogP contribution in [0.2, 0.25) is 0 Å². The van der Waals surface area contributed by atoms with Gasteiger partial charge in [0.05, 0.1) is 30.9 Å². The van der Waals surface area contributed by atoms with Gasteiger partial charge in [0.15, 0.2) is 6.10 Å². The molecule has 2 aliphatic rings. The van der Waals surface area contributed by atoms with Crippen molar-refractivity contribution in [1.29, 1.82) is 0 Å². The summed E-state index contributed by atoms with van der Waals surface area (Å²) in [5.41, 5.74) is -0.565. The van der Waals surface area contributed by atoms with Crippen LogP contribution in [0.15, 0.2) is 35.4 Å². The Morgan fingerprint density at radius 3 is 2.87 bits per heavy atom. The molecule has 2 aromatic heterocycles. The summed E-state index contributed by atoms with van der Waals surface area (Å²) in [5.74, 6) is -1.40. The van der Waals surface area contributed by atoms with Gasteiger partial charge < -0.3 is 29.6 Å². The van der Waals surface area contributed by atoms with Crippen LogP contribution in [0.1, 0.15) is 6.92 Å². The van der Waals surface area contributed by atoms with Crippen molar-refractivity contribution in [2.24, 2.45) is 0 Å². The molecule has 2 atom stereocenters. The zero-order valence-corrected chi connectivity index (χ0v) is 19.7. The highest BCUT2D eigenvalue weighted by Crippen LogP contribution is 2.28. The first-order valence-corrected chi connectivity index (χ1v) is 11.3. The van der Waals surface area contributed by atoms with Crippen LogP contribution in [-0.4, -0.2) is 68.3 Å². The predicted molar refractivity (Wildman–Crippen MR) is 125 cm³/mol. The van der Waals surface area contributed by atoms with Gasteiger partial charge in [0, 0.05) is 23.7 Å². The van der Waals surface area contributed by atoms with Gasteiger partial charge in [-0.25, -0.2) is 14.2 Å². The number of anilines is 1. The quantitative estimate of drug-likeness (QED) is 0.330. The molecule has 4 heterocycles. The smallest absolute Gasteiger partial charge is 0.414 e. The lowest BCUT2D eigenvalue weighted by Crippen LogP contribution is -2.35. The summed E-state index contributed by atoms with van der Waals surface area (Å²) in [7, 11) is 0. The molecule has 1 fully saturated rings. The second-order valence-corrected chi connectivity index (χ2v) is 8.49. The number of nitro groups is 1. The lowest BCUT2D eigenvalue weighted by atomic mass is 10.1. The fraction of sp³-hybridized carbons (Fsp3) is 0.318. The SMILES string of the molecule is CC(=O)NCC1CN(c2ccc(-c3cnc(OC4COc5nc([N+](=O)[O-])cn5C4)[nH]c3=O)c(F)c2)C(=O)O1. The molecule has 5 rings (SSSR count). The number of nitrogens with one attached hydrogen (secondary N) is 2. The van der Waals surface area contributed by atoms with Crippen molar-refractivity contribution in [3.8, 4) is 23.1 Å². The normalized spacial score (nSPS) is 18.4. The molecule has 0 bridgehead atoms. The Labute approximate surface area is 212 Å². The van der Waals surface area contributed by atoms with E-state index in [1.807, 2.05) is 0 Å². The first kappa shape index (κ1) is 24.7. The Bertz CT molecular complexity index is 1490. The Kier molecular flexibility index (Phi) is 6.36. The maximum absolute atomic E-state index is 15.0. The lowest BCUT2D eigenvalue weighted by molar-refractivity contribution is -0.389. The first-order valence-electron chi connectivity index (χ1n) is 11.3. The molecule has 0 radical (unpaired) electrons. The molecule has 2 aliphatic heterocycles. The zero-order valence-electron chi connectivity index (χ0n) is 19.7. The minimum Gasteiger partial charge on any atom is -0.456 e. The first-order chi connectivity index (χ1) is 18.2. The van der Waals surface area contributed by atoms with Gasteiger partial charge in [-0.1, -0.05) is 0 Å². The molecule has 16 heteroatoms. The van der Waals surface area contributed by atoms with Crippen molar-refractivity contribution < 1.29 is 33.1 Å². The number of rotatable bonds is 7. The standard InChI is InChI=1S/C22H20FN7O8/c1-11(31)24-5-13-8-29(22(33)38-13)12-2-3-15(17(23)4-12)16-6-25-20(27-19(16)32)37-14-7-28-9-18(30(34)35)26-21(28)36-10-14/h2-4,6,9,13-14H,5,7-8,10H2,1H3,(H,24,31)(H,25,27,32). The molecule has 15 nitrogen and oxygen atoms in total. The van der Waals surface area contributed by atoms with Crippen LogP contribution >= 0.6 is 0 Å². The third-order valence-electron chi connectivity index (χ3n) is 5.77. The number of benzene rings is 1. The van der Waals surface area contributed by atoms with E-state index in [2.05, 4.69) is 20.3 Å². The number of carbonyl (C=O) groups is 2. The molecule has 2 N–H and O–H groups in total. The Balaban J connectivity index is 1.27. The van der Waals surface area contributed by atoms with Crippen molar-refractivity contribution in [2.45, 2.75) is 25.7 Å². The highest BCUT2D eigenvalue weighted by molar-refractivity contribution is 5.90. The molecule has 0 saturated carbocycles. The number of carbonyl (C=O) groups excluding carboxylic acids is 2. The lowest BCUT2D eigenvalue weighted by Gasteiger charge is -2.22. The minimum absolute atomic E-state index is 0.0142. The number of amides is 2. The number of nitrogens with zero attached hydrogens (tertiary/aromatic N) is 5. The minimum atomic E-state index is -0.767. The molecular formula is C22H20FN7O8. The molecular weight excluding hydrogens is 509 g/mol. The maximum atomic E-state index is 15.0. The molecule has 198 valence electrons. The van der Waals surface area contributed by atoms with E-state index in [-0.39, 0.29) is 66.8 Å². The van der Waals surface area contributed by atoms with Crippen molar-refractivity contribution >= 4 is 23.5 Å². The topological polar surface area (TPSA) is 184 Å². The average molecular weight is 529 g/mol. The summed E-state index contributed by atoms with van der Waals surface area (Å²) in [6, 6.07) is 3.84. The molecule has 2 amide bonds. The van der Waals surface area contributed by atoms with Crippen LogP contribution in [0.4, 0.5) is 20.7 Å². The Morgan fingerprint density at radius 1 is 1.34 bits per heavy atom. The number of aromatic nitrogens is 4. The number of aromatic amines is 1. The van der Waals surface area contributed by atoms with E-state index in [0.29, 0.717) is 0 Å². The summed E-state index contributed by atoms with van der Waals surface area (Å²) in [6.45, 7) is 1.77. The van der Waals surface area contributed by atoms with E-state index in [4.69, 9.17) is 14.2 Å².